The van der Waals surface area contributed by atoms with Crippen LogP contribution in [0.25, 0.3) is 0 Å². The number of benzene rings is 3. The number of nitrogens with one attached hydrogen (secondary N) is 1. The van der Waals surface area contributed by atoms with Crippen molar-refractivity contribution in [1.29, 1.82) is 0 Å². The lowest BCUT2D eigenvalue weighted by Gasteiger charge is -2.33. The van der Waals surface area contributed by atoms with Gasteiger partial charge in [-0.1, -0.05) is 55.5 Å². The number of rotatable bonds is 10. The van der Waals surface area contributed by atoms with E-state index in [1.54, 1.807) is 30.3 Å². The highest BCUT2D eigenvalue weighted by molar-refractivity contribution is 7.92. The van der Waals surface area contributed by atoms with Crippen LogP contribution in [-0.4, -0.2) is 44.8 Å². The topological polar surface area (TPSA) is 86.8 Å². The van der Waals surface area contributed by atoms with E-state index in [-0.39, 0.29) is 17.3 Å². The zero-order valence-corrected chi connectivity index (χ0v) is 22.9. The molecule has 0 aliphatic carbocycles. The molecule has 0 radical (unpaired) electrons. The standard InChI is InChI=1S/C29H35N3O4S/c1-6-27(29(34)30-5)31(19-24-13-11-10-12-22(24)3)28(33)20-32(25-17-16-21(2)23(4)18-25)37(35,36)26-14-8-7-9-15-26/h7-18,27H,6,19-20H2,1-5H3,(H,30,34)/t27-/m0/s1. The molecule has 3 rings (SSSR count). The number of sulfonamides is 1. The van der Waals surface area contributed by atoms with Crippen LogP contribution in [0, 0.1) is 20.8 Å². The molecule has 8 heteroatoms. The molecule has 0 saturated heterocycles. The summed E-state index contributed by atoms with van der Waals surface area (Å²) >= 11 is 0. The second kappa shape index (κ2) is 12.1. The van der Waals surface area contributed by atoms with Crippen molar-refractivity contribution in [3.8, 4) is 0 Å². The number of likely N-dealkylation sites (N-methyl/N-ethyl adjacent to an activating group) is 1. The number of anilines is 1. The Bertz CT molecular complexity index is 1360. The van der Waals surface area contributed by atoms with Crippen molar-refractivity contribution in [3.63, 3.8) is 0 Å². The Morgan fingerprint density at radius 2 is 1.51 bits per heavy atom. The van der Waals surface area contributed by atoms with Gasteiger partial charge in [-0.3, -0.25) is 13.9 Å². The molecular weight excluding hydrogens is 486 g/mol. The number of hydrogen-bond donors (Lipinski definition) is 1. The lowest BCUT2D eigenvalue weighted by atomic mass is 10.1. The Morgan fingerprint density at radius 1 is 0.865 bits per heavy atom. The third kappa shape index (κ3) is 6.38. The van der Waals surface area contributed by atoms with Gasteiger partial charge in [-0.2, -0.15) is 0 Å². The second-order valence-electron chi connectivity index (χ2n) is 9.08. The molecule has 0 aliphatic heterocycles. The van der Waals surface area contributed by atoms with Crippen LogP contribution in [0.3, 0.4) is 0 Å². The number of amides is 2. The van der Waals surface area contributed by atoms with Crippen molar-refractivity contribution in [1.82, 2.24) is 10.2 Å². The van der Waals surface area contributed by atoms with Crippen LogP contribution in [0.5, 0.6) is 0 Å². The summed E-state index contributed by atoms with van der Waals surface area (Å²) in [6, 6.07) is 20.3. The average molecular weight is 522 g/mol. The van der Waals surface area contributed by atoms with E-state index in [1.165, 1.54) is 24.1 Å². The van der Waals surface area contributed by atoms with Crippen molar-refractivity contribution in [2.45, 2.75) is 51.6 Å². The van der Waals surface area contributed by atoms with Crippen LogP contribution in [-0.2, 0) is 26.2 Å². The second-order valence-corrected chi connectivity index (χ2v) is 10.9. The van der Waals surface area contributed by atoms with E-state index < -0.39 is 28.5 Å². The summed E-state index contributed by atoms with van der Waals surface area (Å²) in [4.78, 5) is 28.3. The third-order valence-electron chi connectivity index (χ3n) is 6.62. The predicted octanol–water partition coefficient (Wildman–Crippen LogP) is 4.36. The minimum absolute atomic E-state index is 0.0878. The highest BCUT2D eigenvalue weighted by Crippen LogP contribution is 2.27. The molecule has 0 fully saturated rings. The quantitative estimate of drug-likeness (QED) is 0.430. The van der Waals surface area contributed by atoms with Gasteiger partial charge in [-0.25, -0.2) is 8.42 Å². The fourth-order valence-electron chi connectivity index (χ4n) is 4.19. The van der Waals surface area contributed by atoms with Crippen LogP contribution in [0.2, 0.25) is 0 Å². The van der Waals surface area contributed by atoms with Crippen LogP contribution in [0.15, 0.2) is 77.7 Å². The maximum absolute atomic E-state index is 13.9. The van der Waals surface area contributed by atoms with Gasteiger partial charge in [0.05, 0.1) is 10.6 Å². The summed E-state index contributed by atoms with van der Waals surface area (Å²) < 4.78 is 28.7. The van der Waals surface area contributed by atoms with Crippen molar-refractivity contribution < 1.29 is 18.0 Å². The maximum Gasteiger partial charge on any atom is 0.264 e. The molecule has 0 bridgehead atoms. The largest absolute Gasteiger partial charge is 0.357 e. The van der Waals surface area contributed by atoms with Gasteiger partial charge in [0.2, 0.25) is 11.8 Å². The Morgan fingerprint density at radius 3 is 2.11 bits per heavy atom. The molecule has 196 valence electrons. The van der Waals surface area contributed by atoms with Gasteiger partial charge in [0.25, 0.3) is 10.0 Å². The minimum Gasteiger partial charge on any atom is -0.357 e. The van der Waals surface area contributed by atoms with Gasteiger partial charge in [-0.15, -0.1) is 0 Å². The lowest BCUT2D eigenvalue weighted by Crippen LogP contribution is -2.51. The SMILES string of the molecule is CC[C@@H](C(=O)NC)N(Cc1ccccc1C)C(=O)CN(c1ccc(C)c(C)c1)S(=O)(=O)c1ccccc1. The Hall–Kier alpha value is -3.65. The van der Waals surface area contributed by atoms with Crippen molar-refractivity contribution >= 4 is 27.5 Å². The summed E-state index contributed by atoms with van der Waals surface area (Å²) in [5, 5.41) is 2.64. The van der Waals surface area contributed by atoms with E-state index in [2.05, 4.69) is 5.32 Å². The van der Waals surface area contributed by atoms with Crippen LogP contribution in [0.4, 0.5) is 5.69 Å². The summed E-state index contributed by atoms with van der Waals surface area (Å²) in [6.07, 6.45) is 0.381. The van der Waals surface area contributed by atoms with Gasteiger partial charge in [0, 0.05) is 13.6 Å². The highest BCUT2D eigenvalue weighted by atomic mass is 32.2. The zero-order valence-electron chi connectivity index (χ0n) is 22.1. The van der Waals surface area contributed by atoms with Crippen LogP contribution < -0.4 is 9.62 Å². The summed E-state index contributed by atoms with van der Waals surface area (Å²) in [5.74, 6) is -0.760. The molecule has 3 aromatic rings. The molecule has 2 amide bonds. The molecule has 0 unspecified atom stereocenters. The van der Waals surface area contributed by atoms with Gasteiger partial charge in [0.15, 0.2) is 0 Å². The first-order valence-corrected chi connectivity index (χ1v) is 13.7. The van der Waals surface area contributed by atoms with Crippen LogP contribution >= 0.6 is 0 Å². The van der Waals surface area contributed by atoms with E-state index in [0.29, 0.717) is 12.1 Å². The predicted molar refractivity (Wildman–Crippen MR) is 147 cm³/mol. The van der Waals surface area contributed by atoms with Crippen LogP contribution in [0.1, 0.15) is 35.6 Å². The fourth-order valence-corrected chi connectivity index (χ4v) is 5.61. The molecule has 1 N–H and O–H groups in total. The molecule has 0 saturated carbocycles. The first-order valence-electron chi connectivity index (χ1n) is 12.3. The molecule has 7 nitrogen and oxygen atoms in total. The van der Waals surface area contributed by atoms with Crippen molar-refractivity contribution in [2.24, 2.45) is 0 Å². The minimum atomic E-state index is -4.07. The van der Waals surface area contributed by atoms with Gasteiger partial charge in [-0.05, 0) is 73.7 Å². The Balaban J connectivity index is 2.09. The monoisotopic (exact) mass is 521 g/mol. The lowest BCUT2D eigenvalue weighted by molar-refractivity contribution is -0.140. The fraction of sp³-hybridized carbons (Fsp3) is 0.310. The van der Waals surface area contributed by atoms with Gasteiger partial charge < -0.3 is 10.2 Å². The molecule has 1 atom stereocenters. The van der Waals surface area contributed by atoms with Crippen molar-refractivity contribution in [2.75, 3.05) is 17.9 Å². The van der Waals surface area contributed by atoms with E-state index in [4.69, 9.17) is 0 Å². The number of carbonyl (C=O) groups excluding carboxylic acids is 2. The number of nitrogens with zero attached hydrogens (tertiary/aromatic N) is 2. The molecule has 0 aromatic heterocycles. The third-order valence-corrected chi connectivity index (χ3v) is 8.41. The Kier molecular flexibility index (Phi) is 9.10. The highest BCUT2D eigenvalue weighted by Gasteiger charge is 2.33. The normalized spacial score (nSPS) is 12.0. The van der Waals surface area contributed by atoms with E-state index >= 15 is 0 Å². The first kappa shape index (κ1) is 27.9. The number of aryl methyl sites for hydroxylation is 3. The van der Waals surface area contributed by atoms with E-state index in [9.17, 15) is 18.0 Å². The average Bonchev–Trinajstić information content (AvgIpc) is 2.90. The molecule has 3 aromatic carbocycles. The number of carbonyl (C=O) groups is 2. The summed E-state index contributed by atoms with van der Waals surface area (Å²) in [6.45, 7) is 7.36. The molecule has 0 spiro atoms. The van der Waals surface area contributed by atoms with Gasteiger partial charge in [0.1, 0.15) is 12.6 Å². The molecule has 0 aliphatic rings. The summed E-state index contributed by atoms with van der Waals surface area (Å²) in [7, 11) is -2.54. The smallest absolute Gasteiger partial charge is 0.264 e. The maximum atomic E-state index is 13.9. The van der Waals surface area contributed by atoms with Gasteiger partial charge >= 0.3 is 0 Å². The van der Waals surface area contributed by atoms with E-state index in [0.717, 1.165) is 26.6 Å². The zero-order chi connectivity index (χ0) is 27.2. The molecular formula is C29H35N3O4S. The Labute approximate surface area is 220 Å². The van der Waals surface area contributed by atoms with E-state index in [1.807, 2.05) is 58.0 Å². The van der Waals surface area contributed by atoms with Crippen molar-refractivity contribution in [3.05, 3.63) is 95.1 Å². The first-order chi connectivity index (χ1) is 17.6. The number of hydrogen-bond acceptors (Lipinski definition) is 4. The molecule has 0 heterocycles. The summed E-state index contributed by atoms with van der Waals surface area (Å²) in [5.41, 5.74) is 4.19. The molecule has 37 heavy (non-hydrogen) atoms.